The minimum Gasteiger partial charge on any atom is -0.486 e. The maximum Gasteiger partial charge on any atom is 0.338 e. The topological polar surface area (TPSA) is 76.0 Å². The molecule has 1 aliphatic rings. The van der Waals surface area contributed by atoms with Crippen molar-refractivity contribution in [3.05, 3.63) is 107 Å². The zero-order chi connectivity index (χ0) is 25.8. The van der Waals surface area contributed by atoms with Crippen molar-refractivity contribution < 1.29 is 28.5 Å². The highest BCUT2D eigenvalue weighted by molar-refractivity contribution is 6.00. The number of aryl methyl sites for hydroxylation is 1. The zero-order valence-corrected chi connectivity index (χ0v) is 20.7. The fraction of sp³-hybridized carbons (Fsp3) is 0.200. The van der Waals surface area contributed by atoms with Gasteiger partial charge >= 0.3 is 5.97 Å². The van der Waals surface area contributed by atoms with Gasteiger partial charge in [0.15, 0.2) is 24.2 Å². The molecule has 0 saturated heterocycles. The molecule has 1 aromatic heterocycles. The summed E-state index contributed by atoms with van der Waals surface area (Å²) in [7, 11) is 0. The Bertz CT molecular complexity index is 1430. The van der Waals surface area contributed by atoms with E-state index in [4.69, 9.17) is 18.9 Å². The van der Waals surface area contributed by atoms with Crippen LogP contribution >= 0.6 is 0 Å². The van der Waals surface area contributed by atoms with E-state index in [1.807, 2.05) is 79.1 Å². The maximum absolute atomic E-state index is 13.0. The number of rotatable bonds is 8. The summed E-state index contributed by atoms with van der Waals surface area (Å²) in [6, 6.07) is 25.3. The van der Waals surface area contributed by atoms with E-state index < -0.39 is 5.97 Å². The van der Waals surface area contributed by atoms with Gasteiger partial charge in [0.2, 0.25) is 5.78 Å². The van der Waals surface area contributed by atoms with Crippen molar-refractivity contribution >= 4 is 11.8 Å². The number of carbonyl (C=O) groups is 2. The van der Waals surface area contributed by atoms with Crippen molar-refractivity contribution in [2.24, 2.45) is 0 Å². The fourth-order valence-corrected chi connectivity index (χ4v) is 4.32. The highest BCUT2D eigenvalue weighted by Gasteiger charge is 2.24. The van der Waals surface area contributed by atoms with Crippen molar-refractivity contribution in [3.8, 4) is 23.0 Å². The maximum atomic E-state index is 13.0. The number of ketones is 1. The zero-order valence-electron chi connectivity index (χ0n) is 20.7. The smallest absolute Gasteiger partial charge is 0.338 e. The van der Waals surface area contributed by atoms with Crippen molar-refractivity contribution in [3.63, 3.8) is 0 Å². The van der Waals surface area contributed by atoms with Crippen LogP contribution in [-0.2, 0) is 11.3 Å². The summed E-state index contributed by atoms with van der Waals surface area (Å²) in [5.41, 5.74) is 2.53. The van der Waals surface area contributed by atoms with Crippen LogP contribution in [-0.4, -0.2) is 35.6 Å². The number of ether oxygens (including phenoxy) is 4. The minimum atomic E-state index is -0.591. The summed E-state index contributed by atoms with van der Waals surface area (Å²) >= 11 is 0. The molecule has 5 rings (SSSR count). The molecule has 1 atom stereocenters. The third-order valence-corrected chi connectivity index (χ3v) is 6.21. The van der Waals surface area contributed by atoms with Gasteiger partial charge in [0.25, 0.3) is 0 Å². The van der Waals surface area contributed by atoms with E-state index in [0.717, 1.165) is 17.1 Å². The number of hydrogen-bond donors (Lipinski definition) is 0. The van der Waals surface area contributed by atoms with Crippen LogP contribution in [0.15, 0.2) is 84.9 Å². The molecule has 0 bridgehead atoms. The number of esters is 1. The average Bonchev–Trinajstić information content (AvgIpc) is 3.20. The predicted molar refractivity (Wildman–Crippen MR) is 138 cm³/mol. The Morgan fingerprint density at radius 2 is 1.62 bits per heavy atom. The van der Waals surface area contributed by atoms with Gasteiger partial charge in [-0.1, -0.05) is 36.4 Å². The first-order chi connectivity index (χ1) is 18.0. The van der Waals surface area contributed by atoms with Crippen LogP contribution in [0.5, 0.6) is 23.0 Å². The molecule has 2 heterocycles. The molecule has 7 heteroatoms. The van der Waals surface area contributed by atoms with Gasteiger partial charge in [-0.3, -0.25) is 4.79 Å². The fourth-order valence-electron chi connectivity index (χ4n) is 4.32. The third kappa shape index (κ3) is 5.51. The van der Waals surface area contributed by atoms with E-state index in [2.05, 4.69) is 0 Å². The number of fused-ring (bicyclic) bond motifs is 1. The molecular weight excluding hydrogens is 470 g/mol. The standard InChI is InChI=1S/C30H27NO6/c1-20-15-26(21(2)31(20)17-25-18-34-28-13-6-7-14-29(28)37-25)27(32)19-35-30(33)22-9-8-12-24(16-22)36-23-10-4-3-5-11-23/h3-16,25H,17-19H2,1-2H3. The molecule has 0 fully saturated rings. The predicted octanol–water partition coefficient (Wildman–Crippen LogP) is 5.78. The number of benzene rings is 3. The second-order valence-electron chi connectivity index (χ2n) is 8.84. The normalized spacial score (nSPS) is 14.2. The van der Waals surface area contributed by atoms with E-state index in [9.17, 15) is 9.59 Å². The molecule has 1 unspecified atom stereocenters. The van der Waals surface area contributed by atoms with Crippen LogP contribution in [0.2, 0.25) is 0 Å². The van der Waals surface area contributed by atoms with Crippen molar-refractivity contribution in [2.45, 2.75) is 26.5 Å². The van der Waals surface area contributed by atoms with Crippen LogP contribution in [0.4, 0.5) is 0 Å². The van der Waals surface area contributed by atoms with Gasteiger partial charge < -0.3 is 23.5 Å². The molecule has 7 nitrogen and oxygen atoms in total. The monoisotopic (exact) mass is 497 g/mol. The van der Waals surface area contributed by atoms with Crippen molar-refractivity contribution in [1.29, 1.82) is 0 Å². The summed E-state index contributed by atoms with van der Waals surface area (Å²) in [4.78, 5) is 25.6. The molecule has 37 heavy (non-hydrogen) atoms. The Hall–Kier alpha value is -4.52. The molecule has 0 spiro atoms. The largest absolute Gasteiger partial charge is 0.486 e. The third-order valence-electron chi connectivity index (χ3n) is 6.21. The van der Waals surface area contributed by atoms with Crippen LogP contribution < -0.4 is 14.2 Å². The Kier molecular flexibility index (Phi) is 6.94. The molecular formula is C30H27NO6. The van der Waals surface area contributed by atoms with Crippen molar-refractivity contribution in [2.75, 3.05) is 13.2 Å². The molecule has 3 aromatic carbocycles. The second-order valence-corrected chi connectivity index (χ2v) is 8.84. The molecule has 4 aromatic rings. The first kappa shape index (κ1) is 24.2. The van der Waals surface area contributed by atoms with E-state index in [1.54, 1.807) is 24.3 Å². The molecule has 0 aliphatic carbocycles. The lowest BCUT2D eigenvalue weighted by Crippen LogP contribution is -2.33. The van der Waals surface area contributed by atoms with Gasteiger partial charge in [0.1, 0.15) is 18.1 Å². The number of aromatic nitrogens is 1. The number of Topliss-reactive ketones (excluding diaryl/α,β-unsaturated/α-hetero) is 1. The van der Waals surface area contributed by atoms with Gasteiger partial charge in [0, 0.05) is 17.0 Å². The van der Waals surface area contributed by atoms with E-state index in [0.29, 0.717) is 41.5 Å². The van der Waals surface area contributed by atoms with Crippen LogP contribution in [0.25, 0.3) is 0 Å². The summed E-state index contributed by atoms with van der Waals surface area (Å²) in [5, 5.41) is 0. The van der Waals surface area contributed by atoms with E-state index in [1.165, 1.54) is 0 Å². The van der Waals surface area contributed by atoms with Gasteiger partial charge in [-0.05, 0) is 62.4 Å². The SMILES string of the molecule is Cc1cc(C(=O)COC(=O)c2cccc(Oc3ccccc3)c2)c(C)n1CC1COc2ccccc2O1. The van der Waals surface area contributed by atoms with E-state index in [-0.39, 0.29) is 18.5 Å². The first-order valence-corrected chi connectivity index (χ1v) is 12.1. The van der Waals surface area contributed by atoms with Crippen LogP contribution in [0, 0.1) is 13.8 Å². The Labute approximate surface area is 215 Å². The van der Waals surface area contributed by atoms with Crippen LogP contribution in [0.3, 0.4) is 0 Å². The highest BCUT2D eigenvalue weighted by Crippen LogP contribution is 2.31. The minimum absolute atomic E-state index is 0.189. The second kappa shape index (κ2) is 10.6. The lowest BCUT2D eigenvalue weighted by Gasteiger charge is -2.27. The molecule has 0 N–H and O–H groups in total. The number of hydrogen-bond acceptors (Lipinski definition) is 6. The van der Waals surface area contributed by atoms with Gasteiger partial charge in [0.05, 0.1) is 12.1 Å². The number of carbonyl (C=O) groups excluding carboxylic acids is 2. The molecule has 0 amide bonds. The summed E-state index contributed by atoms with van der Waals surface area (Å²) in [6.07, 6.45) is -0.189. The first-order valence-electron chi connectivity index (χ1n) is 12.1. The number of para-hydroxylation sites is 3. The highest BCUT2D eigenvalue weighted by atomic mass is 16.6. The Morgan fingerprint density at radius 1 is 0.892 bits per heavy atom. The van der Waals surface area contributed by atoms with Crippen LogP contribution in [0.1, 0.15) is 32.1 Å². The van der Waals surface area contributed by atoms with Gasteiger partial charge in [-0.15, -0.1) is 0 Å². The molecule has 1 aliphatic heterocycles. The van der Waals surface area contributed by atoms with Crippen molar-refractivity contribution in [1.82, 2.24) is 4.57 Å². The Morgan fingerprint density at radius 3 is 2.43 bits per heavy atom. The van der Waals surface area contributed by atoms with Gasteiger partial charge in [-0.2, -0.15) is 0 Å². The van der Waals surface area contributed by atoms with E-state index >= 15 is 0 Å². The lowest BCUT2D eigenvalue weighted by atomic mass is 10.1. The molecule has 0 saturated carbocycles. The molecule has 188 valence electrons. The summed E-state index contributed by atoms with van der Waals surface area (Å²) in [5.74, 6) is 1.75. The average molecular weight is 498 g/mol. The summed E-state index contributed by atoms with van der Waals surface area (Å²) < 4.78 is 25.1. The van der Waals surface area contributed by atoms with Gasteiger partial charge in [-0.25, -0.2) is 4.79 Å². The Balaban J connectivity index is 1.21. The molecule has 0 radical (unpaired) electrons. The number of nitrogens with zero attached hydrogens (tertiary/aromatic N) is 1. The summed E-state index contributed by atoms with van der Waals surface area (Å²) in [6.45, 7) is 4.41. The lowest BCUT2D eigenvalue weighted by molar-refractivity contribution is 0.0474. The quantitative estimate of drug-likeness (QED) is 0.227.